The Balaban J connectivity index is 1.97. The van der Waals surface area contributed by atoms with Gasteiger partial charge in [-0.2, -0.15) is 0 Å². The van der Waals surface area contributed by atoms with Crippen LogP contribution < -0.4 is 0 Å². The van der Waals surface area contributed by atoms with Gasteiger partial charge in [-0.3, -0.25) is 0 Å². The first-order chi connectivity index (χ1) is 10.2. The number of fused-ring (bicyclic) bond motifs is 2. The van der Waals surface area contributed by atoms with Crippen LogP contribution >= 0.6 is 15.9 Å². The van der Waals surface area contributed by atoms with Crippen molar-refractivity contribution in [3.8, 4) is 0 Å². The molecule has 0 saturated heterocycles. The predicted molar refractivity (Wildman–Crippen MR) is 93.6 cm³/mol. The highest BCUT2D eigenvalue weighted by atomic mass is 79.9. The van der Waals surface area contributed by atoms with Crippen molar-refractivity contribution in [1.29, 1.82) is 0 Å². The maximum Gasteiger partial charge on any atom is 0.0311 e. The summed E-state index contributed by atoms with van der Waals surface area (Å²) < 4.78 is 1.14. The Morgan fingerprint density at radius 1 is 0.857 bits per heavy atom. The molecule has 0 fully saturated rings. The average molecular weight is 335 g/mol. The molecule has 3 aromatic carbocycles. The summed E-state index contributed by atoms with van der Waals surface area (Å²) in [6.07, 6.45) is 2.31. The number of allylic oxidation sites excluding steroid dienone is 1. The van der Waals surface area contributed by atoms with Crippen LogP contribution in [0.15, 0.2) is 70.7 Å². The molecular weight excluding hydrogens is 320 g/mol. The lowest BCUT2D eigenvalue weighted by atomic mass is 9.86. The number of hydrogen-bond acceptors (Lipinski definition) is 0. The second-order valence-electron chi connectivity index (χ2n) is 5.66. The van der Waals surface area contributed by atoms with E-state index in [1.807, 2.05) is 0 Å². The third kappa shape index (κ3) is 2.04. The summed E-state index contributed by atoms with van der Waals surface area (Å²) in [7, 11) is 0. The minimum Gasteiger partial charge on any atom is -0.0616 e. The molecule has 0 spiro atoms. The van der Waals surface area contributed by atoms with Crippen molar-refractivity contribution in [3.05, 3.63) is 87.4 Å². The van der Waals surface area contributed by atoms with Gasteiger partial charge in [-0.1, -0.05) is 76.1 Å². The Labute approximate surface area is 133 Å². The number of benzene rings is 3. The first-order valence-electron chi connectivity index (χ1n) is 7.19. The van der Waals surface area contributed by atoms with Crippen molar-refractivity contribution >= 4 is 32.8 Å². The molecule has 0 amide bonds. The predicted octanol–water partition coefficient (Wildman–Crippen LogP) is 6.15. The summed E-state index contributed by atoms with van der Waals surface area (Å²) in [5, 5.41) is 2.67. The van der Waals surface area contributed by atoms with Gasteiger partial charge in [0, 0.05) is 10.4 Å². The van der Waals surface area contributed by atoms with Crippen molar-refractivity contribution in [3.63, 3.8) is 0 Å². The summed E-state index contributed by atoms with van der Waals surface area (Å²) >= 11 is 3.57. The van der Waals surface area contributed by atoms with Crippen molar-refractivity contribution in [2.24, 2.45) is 0 Å². The fraction of sp³-hybridized carbons (Fsp3) is 0.100. The second-order valence-corrected chi connectivity index (χ2v) is 6.58. The fourth-order valence-electron chi connectivity index (χ4n) is 3.42. The van der Waals surface area contributed by atoms with Crippen molar-refractivity contribution in [2.45, 2.75) is 12.8 Å². The molecule has 1 aliphatic rings. The normalized spacial score (nSPS) is 16.9. The zero-order valence-corrected chi connectivity index (χ0v) is 13.4. The van der Waals surface area contributed by atoms with Gasteiger partial charge in [0.15, 0.2) is 0 Å². The highest BCUT2D eigenvalue weighted by Crippen LogP contribution is 2.43. The first kappa shape index (κ1) is 12.8. The molecule has 0 N–H and O–H groups in total. The van der Waals surface area contributed by atoms with E-state index >= 15 is 0 Å². The van der Waals surface area contributed by atoms with Crippen LogP contribution in [0.2, 0.25) is 0 Å². The summed E-state index contributed by atoms with van der Waals surface area (Å²) in [6.45, 7) is 2.24. The van der Waals surface area contributed by atoms with E-state index in [2.05, 4.69) is 89.6 Å². The van der Waals surface area contributed by atoms with Crippen LogP contribution in [0.1, 0.15) is 29.5 Å². The smallest absolute Gasteiger partial charge is 0.0311 e. The maximum absolute atomic E-state index is 3.57. The molecule has 1 atom stereocenters. The number of rotatable bonds is 1. The van der Waals surface area contributed by atoms with Crippen LogP contribution in [0.3, 0.4) is 0 Å². The molecule has 4 rings (SSSR count). The first-order valence-corrected chi connectivity index (χ1v) is 7.98. The van der Waals surface area contributed by atoms with Crippen molar-refractivity contribution < 1.29 is 0 Å². The van der Waals surface area contributed by atoms with E-state index in [0.29, 0.717) is 5.92 Å². The Hall–Kier alpha value is -1.86. The van der Waals surface area contributed by atoms with Crippen LogP contribution in [0.4, 0.5) is 0 Å². The van der Waals surface area contributed by atoms with E-state index in [4.69, 9.17) is 0 Å². The molecule has 0 radical (unpaired) electrons. The minimum atomic E-state index is 0.374. The quantitative estimate of drug-likeness (QED) is 0.500. The molecule has 1 aliphatic carbocycles. The molecule has 0 aliphatic heterocycles. The summed E-state index contributed by atoms with van der Waals surface area (Å²) in [4.78, 5) is 0. The SMILES string of the molecule is CC1=Cc2cc(Br)ccc2C1c1cccc2ccccc12. The number of halogens is 1. The Bertz CT molecular complexity index is 869. The van der Waals surface area contributed by atoms with E-state index in [-0.39, 0.29) is 0 Å². The summed E-state index contributed by atoms with van der Waals surface area (Å²) in [6, 6.07) is 21.9. The lowest BCUT2D eigenvalue weighted by Crippen LogP contribution is -2.00. The summed E-state index contributed by atoms with van der Waals surface area (Å²) in [5.74, 6) is 0.374. The highest BCUT2D eigenvalue weighted by molar-refractivity contribution is 9.10. The molecular formula is C20H15Br. The monoisotopic (exact) mass is 334 g/mol. The largest absolute Gasteiger partial charge is 0.0616 e. The Kier molecular flexibility index (Phi) is 2.97. The average Bonchev–Trinajstić information content (AvgIpc) is 2.81. The zero-order valence-electron chi connectivity index (χ0n) is 11.8. The molecule has 0 nitrogen and oxygen atoms in total. The third-order valence-corrected chi connectivity index (χ3v) is 4.83. The molecule has 0 heterocycles. The van der Waals surface area contributed by atoms with Crippen molar-refractivity contribution in [1.82, 2.24) is 0 Å². The number of hydrogen-bond donors (Lipinski definition) is 0. The van der Waals surface area contributed by atoms with Gasteiger partial charge in [0.05, 0.1) is 0 Å². The van der Waals surface area contributed by atoms with Gasteiger partial charge in [0.1, 0.15) is 0 Å². The van der Waals surface area contributed by atoms with E-state index in [0.717, 1.165) is 4.47 Å². The zero-order chi connectivity index (χ0) is 14.4. The van der Waals surface area contributed by atoms with Crippen LogP contribution in [-0.4, -0.2) is 0 Å². The highest BCUT2D eigenvalue weighted by Gasteiger charge is 2.25. The van der Waals surface area contributed by atoms with Gasteiger partial charge in [-0.15, -0.1) is 0 Å². The molecule has 0 bridgehead atoms. The van der Waals surface area contributed by atoms with Crippen LogP contribution in [-0.2, 0) is 0 Å². The van der Waals surface area contributed by atoms with E-state index in [1.54, 1.807) is 0 Å². The molecule has 102 valence electrons. The molecule has 21 heavy (non-hydrogen) atoms. The maximum atomic E-state index is 3.57. The molecule has 3 aromatic rings. The van der Waals surface area contributed by atoms with E-state index in [1.165, 1.54) is 33.0 Å². The molecule has 1 heteroatoms. The third-order valence-electron chi connectivity index (χ3n) is 4.33. The van der Waals surface area contributed by atoms with Crippen LogP contribution in [0.25, 0.3) is 16.8 Å². The van der Waals surface area contributed by atoms with E-state index in [9.17, 15) is 0 Å². The van der Waals surface area contributed by atoms with E-state index < -0.39 is 0 Å². The summed E-state index contributed by atoms with van der Waals surface area (Å²) in [5.41, 5.74) is 5.56. The van der Waals surface area contributed by atoms with Gasteiger partial charge in [-0.25, -0.2) is 0 Å². The van der Waals surface area contributed by atoms with Crippen LogP contribution in [0.5, 0.6) is 0 Å². The standard InChI is InChI=1S/C20H15Br/c1-13-11-15-12-16(21)9-10-18(15)20(13)19-8-4-6-14-5-2-3-7-17(14)19/h2-12,20H,1H3. The van der Waals surface area contributed by atoms with Gasteiger partial charge in [0.2, 0.25) is 0 Å². The van der Waals surface area contributed by atoms with Gasteiger partial charge < -0.3 is 0 Å². The van der Waals surface area contributed by atoms with Crippen molar-refractivity contribution in [2.75, 3.05) is 0 Å². The molecule has 0 saturated carbocycles. The molecule has 1 unspecified atom stereocenters. The topological polar surface area (TPSA) is 0 Å². The van der Waals surface area contributed by atoms with Crippen LogP contribution in [0, 0.1) is 0 Å². The minimum absolute atomic E-state index is 0.374. The van der Waals surface area contributed by atoms with Gasteiger partial charge >= 0.3 is 0 Å². The van der Waals surface area contributed by atoms with Gasteiger partial charge in [-0.05, 0) is 46.5 Å². The fourth-order valence-corrected chi connectivity index (χ4v) is 3.80. The molecule has 0 aromatic heterocycles. The Morgan fingerprint density at radius 2 is 1.67 bits per heavy atom. The second kappa shape index (κ2) is 4.85. The van der Waals surface area contributed by atoms with Gasteiger partial charge in [0.25, 0.3) is 0 Å². The lowest BCUT2D eigenvalue weighted by molar-refractivity contribution is 0.988. The lowest BCUT2D eigenvalue weighted by Gasteiger charge is -2.17. The Morgan fingerprint density at radius 3 is 2.57 bits per heavy atom.